The molecule has 7 heteroatoms. The van der Waals surface area contributed by atoms with Crippen LogP contribution in [0.5, 0.6) is 0 Å². The van der Waals surface area contributed by atoms with Gasteiger partial charge in [-0.25, -0.2) is 4.98 Å². The van der Waals surface area contributed by atoms with Crippen LogP contribution in [0.15, 0.2) is 83.5 Å². The zero-order valence-corrected chi connectivity index (χ0v) is 20.2. The van der Waals surface area contributed by atoms with Crippen LogP contribution in [0.4, 0.5) is 5.13 Å². The topological polar surface area (TPSA) is 71.3 Å². The molecule has 0 saturated heterocycles. The number of hydrogen-bond acceptors (Lipinski definition) is 6. The molecule has 6 nitrogen and oxygen atoms in total. The third-order valence-corrected chi connectivity index (χ3v) is 6.40. The number of carbonyl (C=O) groups is 1. The fraction of sp³-hybridized carbons (Fsp3) is 0.296. The van der Waals surface area contributed by atoms with Gasteiger partial charge in [-0.3, -0.25) is 4.79 Å². The molecule has 1 N–H and O–H groups in total. The molecule has 1 atom stereocenters. The molecule has 0 saturated carbocycles. The monoisotopic (exact) mass is 474 g/mol. The van der Waals surface area contributed by atoms with Crippen molar-refractivity contribution in [2.75, 3.05) is 11.4 Å². The van der Waals surface area contributed by atoms with Gasteiger partial charge in [0.1, 0.15) is 11.6 Å². The third kappa shape index (κ3) is 7.28. The number of aromatic nitrogens is 2. The minimum absolute atomic E-state index is 0.0408. The van der Waals surface area contributed by atoms with Gasteiger partial charge in [0.2, 0.25) is 11.0 Å². The lowest BCUT2D eigenvalue weighted by Crippen LogP contribution is -2.35. The molecule has 0 radical (unpaired) electrons. The molecule has 1 amide bonds. The number of benzene rings is 2. The minimum Gasteiger partial charge on any atom is -0.467 e. The molecule has 176 valence electrons. The van der Waals surface area contributed by atoms with Crippen molar-refractivity contribution in [2.45, 2.75) is 45.2 Å². The average molecular weight is 475 g/mol. The van der Waals surface area contributed by atoms with E-state index in [-0.39, 0.29) is 11.9 Å². The first kappa shape index (κ1) is 23.7. The van der Waals surface area contributed by atoms with Crippen molar-refractivity contribution in [3.8, 4) is 0 Å². The standard InChI is InChI=1S/C27H30N4O2S/c1-21(14-15-22-9-4-2-5-10-22)28-26(32)16-17-31(20-24-13-8-18-33-24)27-29-25(30-34-27)19-23-11-6-3-7-12-23/h2-13,18,21H,14-17,19-20H2,1H3,(H,28,32). The molecule has 2 heterocycles. The second-order valence-corrected chi connectivity index (χ2v) is 9.13. The SMILES string of the molecule is CC(CCc1ccccc1)NC(=O)CCN(Cc1ccco1)c1nc(Cc2ccccc2)ns1. The summed E-state index contributed by atoms with van der Waals surface area (Å²) in [6.45, 7) is 3.14. The van der Waals surface area contributed by atoms with Crippen molar-refractivity contribution >= 4 is 22.6 Å². The number of carbonyl (C=O) groups excluding carboxylic acids is 1. The summed E-state index contributed by atoms with van der Waals surface area (Å²) in [6.07, 6.45) is 4.58. The summed E-state index contributed by atoms with van der Waals surface area (Å²) < 4.78 is 10.1. The summed E-state index contributed by atoms with van der Waals surface area (Å²) in [5.74, 6) is 1.66. The Morgan fingerprint density at radius 2 is 1.76 bits per heavy atom. The lowest BCUT2D eigenvalue weighted by Gasteiger charge is -2.21. The second-order valence-electron chi connectivity index (χ2n) is 8.40. The van der Waals surface area contributed by atoms with Crippen molar-refractivity contribution in [3.05, 3.63) is 102 Å². The molecule has 0 aliphatic rings. The number of furan rings is 1. The van der Waals surface area contributed by atoms with E-state index in [0.717, 1.165) is 29.6 Å². The molecular weight excluding hydrogens is 444 g/mol. The number of aryl methyl sites for hydroxylation is 1. The maximum absolute atomic E-state index is 12.7. The minimum atomic E-state index is 0.0408. The average Bonchev–Trinajstić information content (AvgIpc) is 3.54. The highest BCUT2D eigenvalue weighted by Gasteiger charge is 2.17. The van der Waals surface area contributed by atoms with Crippen LogP contribution in [-0.4, -0.2) is 27.9 Å². The van der Waals surface area contributed by atoms with Gasteiger partial charge >= 0.3 is 0 Å². The maximum atomic E-state index is 12.7. The molecule has 4 rings (SSSR count). The Balaban J connectivity index is 1.32. The highest BCUT2D eigenvalue weighted by Crippen LogP contribution is 2.22. The van der Waals surface area contributed by atoms with E-state index in [0.29, 0.717) is 25.9 Å². The first-order valence-corrected chi connectivity index (χ1v) is 12.4. The first-order chi connectivity index (χ1) is 16.7. The maximum Gasteiger partial charge on any atom is 0.221 e. The lowest BCUT2D eigenvalue weighted by atomic mass is 10.1. The van der Waals surface area contributed by atoms with E-state index in [4.69, 9.17) is 9.40 Å². The largest absolute Gasteiger partial charge is 0.467 e. The molecule has 0 spiro atoms. The Hall–Kier alpha value is -3.45. The zero-order chi connectivity index (χ0) is 23.6. The van der Waals surface area contributed by atoms with E-state index >= 15 is 0 Å². The van der Waals surface area contributed by atoms with Crippen molar-refractivity contribution in [1.29, 1.82) is 0 Å². The van der Waals surface area contributed by atoms with E-state index in [2.05, 4.69) is 45.8 Å². The Labute approximate surface area is 204 Å². The molecule has 0 aliphatic heterocycles. The highest BCUT2D eigenvalue weighted by atomic mass is 32.1. The summed E-state index contributed by atoms with van der Waals surface area (Å²) in [4.78, 5) is 19.5. The Morgan fingerprint density at radius 3 is 2.47 bits per heavy atom. The summed E-state index contributed by atoms with van der Waals surface area (Å²) in [6, 6.07) is 24.5. The Bertz CT molecular complexity index is 1130. The van der Waals surface area contributed by atoms with Gasteiger partial charge in [0.05, 0.1) is 12.8 Å². The van der Waals surface area contributed by atoms with E-state index in [9.17, 15) is 4.79 Å². The zero-order valence-electron chi connectivity index (χ0n) is 19.4. The van der Waals surface area contributed by atoms with Crippen molar-refractivity contribution in [2.24, 2.45) is 0 Å². The number of amides is 1. The van der Waals surface area contributed by atoms with Gasteiger partial charge < -0.3 is 14.6 Å². The van der Waals surface area contributed by atoms with Crippen molar-refractivity contribution in [3.63, 3.8) is 0 Å². The van der Waals surface area contributed by atoms with Gasteiger partial charge in [-0.15, -0.1) is 0 Å². The quantitative estimate of drug-likeness (QED) is 0.303. The van der Waals surface area contributed by atoms with E-state index in [1.807, 2.05) is 48.5 Å². The van der Waals surface area contributed by atoms with Crippen LogP contribution in [0.2, 0.25) is 0 Å². The van der Waals surface area contributed by atoms with Gasteiger partial charge in [0, 0.05) is 37.0 Å². The molecule has 0 bridgehead atoms. The predicted molar refractivity (Wildman–Crippen MR) is 136 cm³/mol. The Morgan fingerprint density at radius 1 is 1.03 bits per heavy atom. The second kappa shape index (κ2) is 12.1. The van der Waals surface area contributed by atoms with Crippen LogP contribution in [0.1, 0.15) is 42.5 Å². The van der Waals surface area contributed by atoms with Gasteiger partial charge in [-0.2, -0.15) is 4.37 Å². The highest BCUT2D eigenvalue weighted by molar-refractivity contribution is 7.09. The number of anilines is 1. The van der Waals surface area contributed by atoms with Crippen LogP contribution in [-0.2, 0) is 24.2 Å². The first-order valence-electron chi connectivity index (χ1n) is 11.6. The molecule has 1 unspecified atom stereocenters. The summed E-state index contributed by atoms with van der Waals surface area (Å²) in [7, 11) is 0. The fourth-order valence-corrected chi connectivity index (χ4v) is 4.45. The molecule has 0 aliphatic carbocycles. The van der Waals surface area contributed by atoms with Crippen LogP contribution >= 0.6 is 11.5 Å². The van der Waals surface area contributed by atoms with Gasteiger partial charge in [0.25, 0.3) is 0 Å². The summed E-state index contributed by atoms with van der Waals surface area (Å²) in [5.41, 5.74) is 2.46. The molecular formula is C27H30N4O2S. The number of nitrogens with zero attached hydrogens (tertiary/aromatic N) is 3. The van der Waals surface area contributed by atoms with Gasteiger partial charge in [0.15, 0.2) is 0 Å². The van der Waals surface area contributed by atoms with E-state index in [1.54, 1.807) is 6.26 Å². The molecule has 34 heavy (non-hydrogen) atoms. The van der Waals surface area contributed by atoms with Crippen molar-refractivity contribution in [1.82, 2.24) is 14.7 Å². The summed E-state index contributed by atoms with van der Waals surface area (Å²) >= 11 is 1.36. The molecule has 2 aromatic heterocycles. The van der Waals surface area contributed by atoms with Crippen LogP contribution in [0.3, 0.4) is 0 Å². The summed E-state index contributed by atoms with van der Waals surface area (Å²) in [5, 5.41) is 3.93. The smallest absolute Gasteiger partial charge is 0.221 e. The van der Waals surface area contributed by atoms with Crippen LogP contribution in [0, 0.1) is 0 Å². The third-order valence-electron chi connectivity index (χ3n) is 5.58. The predicted octanol–water partition coefficient (Wildman–Crippen LogP) is 5.26. The van der Waals surface area contributed by atoms with Gasteiger partial charge in [-0.05, 0) is 43.0 Å². The van der Waals surface area contributed by atoms with Crippen LogP contribution in [0.25, 0.3) is 0 Å². The normalized spacial score (nSPS) is 11.8. The van der Waals surface area contributed by atoms with E-state index < -0.39 is 0 Å². The van der Waals surface area contributed by atoms with Crippen molar-refractivity contribution < 1.29 is 9.21 Å². The molecule has 4 aromatic rings. The molecule has 0 fully saturated rings. The molecule has 2 aromatic carbocycles. The Kier molecular flexibility index (Phi) is 8.46. The van der Waals surface area contributed by atoms with Gasteiger partial charge in [-0.1, -0.05) is 60.7 Å². The van der Waals surface area contributed by atoms with Crippen LogP contribution < -0.4 is 10.2 Å². The number of nitrogens with one attached hydrogen (secondary N) is 1. The fourth-order valence-electron chi connectivity index (χ4n) is 3.74. The number of hydrogen-bond donors (Lipinski definition) is 1. The number of rotatable bonds is 12. The lowest BCUT2D eigenvalue weighted by molar-refractivity contribution is -0.121. The van der Waals surface area contributed by atoms with E-state index in [1.165, 1.54) is 22.7 Å².